The van der Waals surface area contributed by atoms with Crippen LogP contribution in [0.1, 0.15) is 12.5 Å². The number of aryl methyl sites for hydroxylation is 1. The lowest BCUT2D eigenvalue weighted by Gasteiger charge is -2.23. The molecule has 0 aliphatic carbocycles. The van der Waals surface area contributed by atoms with Gasteiger partial charge in [0.15, 0.2) is 0 Å². The Morgan fingerprint density at radius 3 is 2.37 bits per heavy atom. The van der Waals surface area contributed by atoms with Gasteiger partial charge in [-0.1, -0.05) is 19.1 Å². The maximum atomic E-state index is 11.8. The molecule has 0 saturated carbocycles. The predicted octanol–water partition coefficient (Wildman–Crippen LogP) is 1.10. The highest BCUT2D eigenvalue weighted by Gasteiger charge is 2.21. The molecule has 0 atom stereocenters. The third-order valence-electron chi connectivity index (χ3n) is 2.78. The second-order valence-corrected chi connectivity index (χ2v) is 6.49. The molecule has 106 valence electrons. The van der Waals surface area contributed by atoms with Gasteiger partial charge >= 0.3 is 0 Å². The van der Waals surface area contributed by atoms with Crippen LogP contribution in [0, 0.1) is 0 Å². The van der Waals surface area contributed by atoms with Crippen LogP contribution in [-0.2, 0) is 21.2 Å². The van der Waals surface area contributed by atoms with Crippen molar-refractivity contribution in [2.24, 2.45) is 0 Å². The fourth-order valence-electron chi connectivity index (χ4n) is 1.60. The fourth-order valence-corrected chi connectivity index (χ4v) is 2.44. The molecule has 0 heterocycles. The van der Waals surface area contributed by atoms with Crippen molar-refractivity contribution in [3.63, 3.8) is 0 Å². The minimum absolute atomic E-state index is 0.182. The first kappa shape index (κ1) is 15.5. The van der Waals surface area contributed by atoms with Gasteiger partial charge in [-0.15, -0.1) is 0 Å². The predicted molar refractivity (Wildman–Crippen MR) is 76.7 cm³/mol. The van der Waals surface area contributed by atoms with Gasteiger partial charge in [-0.2, -0.15) is 0 Å². The quantitative estimate of drug-likeness (QED) is 0.813. The van der Waals surface area contributed by atoms with E-state index in [4.69, 9.17) is 0 Å². The molecule has 0 aliphatic heterocycles. The van der Waals surface area contributed by atoms with Crippen LogP contribution in [0.4, 0.5) is 5.69 Å². The van der Waals surface area contributed by atoms with Gasteiger partial charge in [0.25, 0.3) is 0 Å². The Kier molecular flexibility index (Phi) is 4.94. The van der Waals surface area contributed by atoms with E-state index in [9.17, 15) is 13.2 Å². The molecule has 0 N–H and O–H groups in total. The van der Waals surface area contributed by atoms with Crippen molar-refractivity contribution >= 4 is 21.6 Å². The minimum atomic E-state index is -3.49. The van der Waals surface area contributed by atoms with E-state index in [1.807, 2.05) is 13.0 Å². The Morgan fingerprint density at radius 1 is 1.26 bits per heavy atom. The Labute approximate surface area is 114 Å². The van der Waals surface area contributed by atoms with Crippen LogP contribution < -0.4 is 4.31 Å². The largest absolute Gasteiger partial charge is 0.347 e. The van der Waals surface area contributed by atoms with Crippen LogP contribution in [0.3, 0.4) is 0 Å². The molecule has 1 rings (SSSR count). The van der Waals surface area contributed by atoms with Crippen LogP contribution in [0.2, 0.25) is 0 Å². The summed E-state index contributed by atoms with van der Waals surface area (Å²) in [7, 11) is -0.281. The summed E-state index contributed by atoms with van der Waals surface area (Å²) in [6.07, 6.45) is 1.92. The number of rotatable bonds is 5. The number of nitrogens with zero attached hydrogens (tertiary/aromatic N) is 2. The lowest BCUT2D eigenvalue weighted by atomic mass is 10.1. The molecular weight excluding hydrogens is 264 g/mol. The van der Waals surface area contributed by atoms with Gasteiger partial charge in [-0.25, -0.2) is 8.42 Å². The van der Waals surface area contributed by atoms with E-state index in [0.29, 0.717) is 5.69 Å². The van der Waals surface area contributed by atoms with Gasteiger partial charge in [-0.3, -0.25) is 9.10 Å². The summed E-state index contributed by atoms with van der Waals surface area (Å²) in [5.74, 6) is -0.257. The van der Waals surface area contributed by atoms with Crippen LogP contribution in [0.15, 0.2) is 24.3 Å². The molecule has 0 aliphatic rings. The van der Waals surface area contributed by atoms with Crippen molar-refractivity contribution in [2.45, 2.75) is 13.3 Å². The van der Waals surface area contributed by atoms with Gasteiger partial charge in [0.05, 0.1) is 11.9 Å². The Hall–Kier alpha value is -1.56. The third-order valence-corrected chi connectivity index (χ3v) is 3.93. The van der Waals surface area contributed by atoms with E-state index >= 15 is 0 Å². The number of amides is 1. The van der Waals surface area contributed by atoms with Crippen molar-refractivity contribution in [3.8, 4) is 0 Å². The molecule has 0 fully saturated rings. The number of hydrogen-bond donors (Lipinski definition) is 0. The van der Waals surface area contributed by atoms with E-state index in [1.54, 1.807) is 32.3 Å². The average Bonchev–Trinajstić information content (AvgIpc) is 2.34. The molecule has 0 bridgehead atoms. The number of sulfonamides is 1. The highest BCUT2D eigenvalue weighted by molar-refractivity contribution is 7.92. The Bertz CT molecular complexity index is 553. The monoisotopic (exact) mass is 284 g/mol. The molecule has 0 unspecified atom stereocenters. The molecule has 5 nitrogen and oxygen atoms in total. The smallest absolute Gasteiger partial charge is 0.242 e. The van der Waals surface area contributed by atoms with Crippen molar-refractivity contribution in [2.75, 3.05) is 31.2 Å². The summed E-state index contributed by atoms with van der Waals surface area (Å²) in [5, 5.41) is 0. The van der Waals surface area contributed by atoms with Gasteiger partial charge < -0.3 is 4.90 Å². The molecule has 6 heteroatoms. The van der Waals surface area contributed by atoms with Crippen molar-refractivity contribution in [3.05, 3.63) is 29.8 Å². The van der Waals surface area contributed by atoms with E-state index in [1.165, 1.54) is 4.90 Å². The van der Waals surface area contributed by atoms with Crippen molar-refractivity contribution < 1.29 is 13.2 Å². The summed E-state index contributed by atoms with van der Waals surface area (Å²) < 4.78 is 24.8. The normalized spacial score (nSPS) is 11.2. The van der Waals surface area contributed by atoms with Crippen LogP contribution >= 0.6 is 0 Å². The molecule has 1 aromatic rings. The molecule has 0 spiro atoms. The molecule has 0 saturated heterocycles. The molecule has 19 heavy (non-hydrogen) atoms. The highest BCUT2D eigenvalue weighted by atomic mass is 32.2. The summed E-state index contributed by atoms with van der Waals surface area (Å²) in [4.78, 5) is 13.1. The third kappa shape index (κ3) is 4.24. The van der Waals surface area contributed by atoms with Crippen LogP contribution in [-0.4, -0.2) is 46.1 Å². The van der Waals surface area contributed by atoms with Crippen molar-refractivity contribution in [1.82, 2.24) is 4.90 Å². The van der Waals surface area contributed by atoms with Crippen molar-refractivity contribution in [1.29, 1.82) is 0 Å². The standard InChI is InChI=1S/C13H20N2O3S/c1-5-11-7-6-8-12(9-11)15(19(4,17)18)10-13(16)14(2)3/h6-9H,5,10H2,1-4H3. The summed E-state index contributed by atoms with van der Waals surface area (Å²) in [6.45, 7) is 1.81. The molecule has 1 amide bonds. The summed E-state index contributed by atoms with van der Waals surface area (Å²) in [6, 6.07) is 7.22. The maximum absolute atomic E-state index is 11.8. The molecule has 1 aromatic carbocycles. The first-order chi connectivity index (χ1) is 8.75. The molecule has 0 aromatic heterocycles. The number of likely N-dealkylation sites (N-methyl/N-ethyl adjacent to an activating group) is 1. The number of hydrogen-bond acceptors (Lipinski definition) is 3. The van der Waals surface area contributed by atoms with E-state index < -0.39 is 10.0 Å². The minimum Gasteiger partial charge on any atom is -0.347 e. The first-order valence-electron chi connectivity index (χ1n) is 6.02. The molecule has 0 radical (unpaired) electrons. The van der Waals surface area contributed by atoms with Crippen LogP contribution in [0.5, 0.6) is 0 Å². The zero-order valence-electron chi connectivity index (χ0n) is 11.8. The lowest BCUT2D eigenvalue weighted by molar-refractivity contribution is -0.127. The van der Waals surface area contributed by atoms with Crippen LogP contribution in [0.25, 0.3) is 0 Å². The molecular formula is C13H20N2O3S. The lowest BCUT2D eigenvalue weighted by Crippen LogP contribution is -2.39. The summed E-state index contributed by atoms with van der Waals surface area (Å²) >= 11 is 0. The fraction of sp³-hybridized carbons (Fsp3) is 0.462. The zero-order valence-corrected chi connectivity index (χ0v) is 12.6. The summed E-state index contributed by atoms with van der Waals surface area (Å²) in [5.41, 5.74) is 1.56. The van der Waals surface area contributed by atoms with Gasteiger partial charge in [0.2, 0.25) is 15.9 Å². The number of benzene rings is 1. The zero-order chi connectivity index (χ0) is 14.6. The van der Waals surface area contributed by atoms with E-state index in [0.717, 1.165) is 22.5 Å². The van der Waals surface area contributed by atoms with Gasteiger partial charge in [-0.05, 0) is 24.1 Å². The number of anilines is 1. The highest BCUT2D eigenvalue weighted by Crippen LogP contribution is 2.19. The topological polar surface area (TPSA) is 57.7 Å². The average molecular weight is 284 g/mol. The SMILES string of the molecule is CCc1cccc(N(CC(=O)N(C)C)S(C)(=O)=O)c1. The van der Waals surface area contributed by atoms with Gasteiger partial charge in [0, 0.05) is 14.1 Å². The maximum Gasteiger partial charge on any atom is 0.242 e. The van der Waals surface area contributed by atoms with Gasteiger partial charge in [0.1, 0.15) is 6.54 Å². The first-order valence-corrected chi connectivity index (χ1v) is 7.87. The second kappa shape index (κ2) is 6.06. The number of carbonyl (C=O) groups is 1. The number of carbonyl (C=O) groups excluding carboxylic acids is 1. The second-order valence-electron chi connectivity index (χ2n) is 4.58. The Balaban J connectivity index is 3.14. The van der Waals surface area contributed by atoms with E-state index in [-0.39, 0.29) is 12.5 Å². The van der Waals surface area contributed by atoms with E-state index in [2.05, 4.69) is 0 Å². The Morgan fingerprint density at radius 2 is 1.89 bits per heavy atom.